The SMILES string of the molecule is Cc1ccc(NC(=O)NC(=O)COC(=O)c2cc(C)ccc2O)c(C)c1. The first kappa shape index (κ1) is 19.0. The van der Waals surface area contributed by atoms with Crippen molar-refractivity contribution in [3.63, 3.8) is 0 Å². The summed E-state index contributed by atoms with van der Waals surface area (Å²) in [4.78, 5) is 35.5. The molecule has 7 nitrogen and oxygen atoms in total. The Hall–Kier alpha value is -3.35. The number of hydrogen-bond acceptors (Lipinski definition) is 5. The number of rotatable bonds is 4. The fourth-order valence-corrected chi connectivity index (χ4v) is 2.29. The molecule has 0 aliphatic carbocycles. The average molecular weight is 356 g/mol. The summed E-state index contributed by atoms with van der Waals surface area (Å²) in [6, 6.07) is 9.18. The predicted molar refractivity (Wildman–Crippen MR) is 96.2 cm³/mol. The van der Waals surface area contributed by atoms with Crippen molar-refractivity contribution in [3.05, 3.63) is 58.7 Å². The van der Waals surface area contributed by atoms with E-state index in [9.17, 15) is 19.5 Å². The number of benzene rings is 2. The van der Waals surface area contributed by atoms with Crippen LogP contribution in [0.5, 0.6) is 5.75 Å². The summed E-state index contributed by atoms with van der Waals surface area (Å²) in [5.41, 5.74) is 3.19. The number of amides is 3. The van der Waals surface area contributed by atoms with Gasteiger partial charge in [-0.3, -0.25) is 10.1 Å². The van der Waals surface area contributed by atoms with Crippen LogP contribution in [0.4, 0.5) is 10.5 Å². The summed E-state index contributed by atoms with van der Waals surface area (Å²) in [6.45, 7) is 4.87. The Bertz CT molecular complexity index is 861. The van der Waals surface area contributed by atoms with Crippen LogP contribution in [-0.4, -0.2) is 29.6 Å². The van der Waals surface area contributed by atoms with Crippen molar-refractivity contribution < 1.29 is 24.2 Å². The summed E-state index contributed by atoms with van der Waals surface area (Å²) < 4.78 is 4.83. The first-order valence-electron chi connectivity index (χ1n) is 7.91. The van der Waals surface area contributed by atoms with Crippen LogP contribution in [-0.2, 0) is 9.53 Å². The van der Waals surface area contributed by atoms with E-state index in [0.717, 1.165) is 16.7 Å². The minimum Gasteiger partial charge on any atom is -0.507 e. The van der Waals surface area contributed by atoms with Crippen LogP contribution < -0.4 is 10.6 Å². The first-order valence-corrected chi connectivity index (χ1v) is 7.91. The number of ether oxygens (including phenoxy) is 1. The topological polar surface area (TPSA) is 105 Å². The molecule has 3 amide bonds. The third kappa shape index (κ3) is 5.07. The van der Waals surface area contributed by atoms with Gasteiger partial charge in [-0.25, -0.2) is 9.59 Å². The zero-order valence-electron chi connectivity index (χ0n) is 14.8. The first-order chi connectivity index (χ1) is 12.3. The fourth-order valence-electron chi connectivity index (χ4n) is 2.29. The molecule has 0 spiro atoms. The molecule has 2 rings (SSSR count). The monoisotopic (exact) mass is 356 g/mol. The molecule has 7 heteroatoms. The number of phenols is 1. The van der Waals surface area contributed by atoms with Crippen LogP contribution in [0.15, 0.2) is 36.4 Å². The van der Waals surface area contributed by atoms with Gasteiger partial charge in [-0.15, -0.1) is 0 Å². The Morgan fingerprint density at radius 2 is 1.65 bits per heavy atom. The van der Waals surface area contributed by atoms with Gasteiger partial charge >= 0.3 is 12.0 Å². The van der Waals surface area contributed by atoms with Gasteiger partial charge in [-0.05, 0) is 44.5 Å². The van der Waals surface area contributed by atoms with E-state index in [2.05, 4.69) is 10.6 Å². The molecule has 0 unspecified atom stereocenters. The number of phenolic OH excluding ortho intramolecular Hbond substituents is 1. The Kier molecular flexibility index (Phi) is 5.95. The van der Waals surface area contributed by atoms with Gasteiger partial charge in [0.25, 0.3) is 5.91 Å². The molecule has 136 valence electrons. The number of nitrogens with one attached hydrogen (secondary N) is 2. The number of hydrogen-bond donors (Lipinski definition) is 3. The Balaban J connectivity index is 1.87. The normalized spacial score (nSPS) is 10.1. The zero-order valence-corrected chi connectivity index (χ0v) is 14.8. The molecular weight excluding hydrogens is 336 g/mol. The summed E-state index contributed by atoms with van der Waals surface area (Å²) in [7, 11) is 0. The lowest BCUT2D eigenvalue weighted by atomic mass is 10.1. The lowest BCUT2D eigenvalue weighted by Crippen LogP contribution is -2.37. The minimum absolute atomic E-state index is 0.0440. The zero-order chi connectivity index (χ0) is 19.3. The Labute approximate surface area is 151 Å². The number of urea groups is 1. The third-order valence-electron chi connectivity index (χ3n) is 3.59. The molecule has 0 saturated heterocycles. The number of carbonyl (C=O) groups excluding carboxylic acids is 3. The van der Waals surface area contributed by atoms with E-state index >= 15 is 0 Å². The smallest absolute Gasteiger partial charge is 0.342 e. The molecule has 26 heavy (non-hydrogen) atoms. The van der Waals surface area contributed by atoms with Gasteiger partial charge in [0, 0.05) is 5.69 Å². The molecule has 2 aromatic carbocycles. The fraction of sp³-hybridized carbons (Fsp3) is 0.211. The van der Waals surface area contributed by atoms with Crippen molar-refractivity contribution in [3.8, 4) is 5.75 Å². The van der Waals surface area contributed by atoms with E-state index in [4.69, 9.17) is 4.74 Å². The highest BCUT2D eigenvalue weighted by Crippen LogP contribution is 2.19. The number of carbonyl (C=O) groups is 3. The number of imide groups is 1. The van der Waals surface area contributed by atoms with Gasteiger partial charge in [0.05, 0.1) is 0 Å². The molecule has 0 heterocycles. The highest BCUT2D eigenvalue weighted by molar-refractivity contribution is 6.02. The highest BCUT2D eigenvalue weighted by Gasteiger charge is 2.16. The Morgan fingerprint density at radius 3 is 2.35 bits per heavy atom. The maximum atomic E-state index is 11.9. The van der Waals surface area contributed by atoms with Gasteiger partial charge in [-0.1, -0.05) is 29.3 Å². The van der Waals surface area contributed by atoms with Crippen molar-refractivity contribution in [2.45, 2.75) is 20.8 Å². The molecule has 0 fully saturated rings. The summed E-state index contributed by atoms with van der Waals surface area (Å²) in [5.74, 6) is -1.88. The number of esters is 1. The lowest BCUT2D eigenvalue weighted by Gasteiger charge is -2.10. The second-order valence-corrected chi connectivity index (χ2v) is 5.92. The van der Waals surface area contributed by atoms with E-state index < -0.39 is 24.5 Å². The second-order valence-electron chi connectivity index (χ2n) is 5.92. The van der Waals surface area contributed by atoms with Crippen molar-refractivity contribution in [2.24, 2.45) is 0 Å². The molecule has 0 aromatic heterocycles. The van der Waals surface area contributed by atoms with Gasteiger partial charge in [0.2, 0.25) is 0 Å². The quantitative estimate of drug-likeness (QED) is 0.731. The summed E-state index contributed by atoms with van der Waals surface area (Å²) >= 11 is 0. The van der Waals surface area contributed by atoms with Crippen LogP contribution >= 0.6 is 0 Å². The van der Waals surface area contributed by atoms with Crippen molar-refractivity contribution >= 4 is 23.6 Å². The predicted octanol–water partition coefficient (Wildman–Crippen LogP) is 2.82. The highest BCUT2D eigenvalue weighted by atomic mass is 16.5. The summed E-state index contributed by atoms with van der Waals surface area (Å²) in [6.07, 6.45) is 0. The number of aryl methyl sites for hydroxylation is 3. The molecule has 0 atom stereocenters. The van der Waals surface area contributed by atoms with Gasteiger partial charge in [0.15, 0.2) is 6.61 Å². The lowest BCUT2D eigenvalue weighted by molar-refractivity contribution is -0.123. The largest absolute Gasteiger partial charge is 0.507 e. The molecule has 0 saturated carbocycles. The van der Waals surface area contributed by atoms with E-state index in [1.165, 1.54) is 12.1 Å². The third-order valence-corrected chi connectivity index (χ3v) is 3.59. The van der Waals surface area contributed by atoms with Crippen LogP contribution in [0, 0.1) is 20.8 Å². The van der Waals surface area contributed by atoms with Crippen LogP contribution in [0.1, 0.15) is 27.0 Å². The molecule has 3 N–H and O–H groups in total. The van der Waals surface area contributed by atoms with Crippen molar-refractivity contribution in [1.82, 2.24) is 5.32 Å². The molecule has 0 bridgehead atoms. The number of aromatic hydroxyl groups is 1. The summed E-state index contributed by atoms with van der Waals surface area (Å²) in [5, 5.41) is 14.3. The van der Waals surface area contributed by atoms with Crippen LogP contribution in [0.3, 0.4) is 0 Å². The maximum absolute atomic E-state index is 11.9. The van der Waals surface area contributed by atoms with E-state index in [-0.39, 0.29) is 11.3 Å². The molecular formula is C19H20N2O5. The molecule has 2 aromatic rings. The standard InChI is InChI=1S/C19H20N2O5/c1-11-4-6-15(13(3)8-11)20-19(25)21-17(23)10-26-18(24)14-9-12(2)5-7-16(14)22/h4-9,22H,10H2,1-3H3,(H2,20,21,23,25). The van der Waals surface area contributed by atoms with Gasteiger partial charge < -0.3 is 15.2 Å². The molecule has 0 radical (unpaired) electrons. The van der Waals surface area contributed by atoms with E-state index in [1.807, 2.05) is 26.0 Å². The number of anilines is 1. The van der Waals surface area contributed by atoms with E-state index in [0.29, 0.717) is 5.69 Å². The van der Waals surface area contributed by atoms with Gasteiger partial charge in [-0.2, -0.15) is 0 Å². The van der Waals surface area contributed by atoms with Gasteiger partial charge in [0.1, 0.15) is 11.3 Å². The van der Waals surface area contributed by atoms with Crippen LogP contribution in [0.2, 0.25) is 0 Å². The minimum atomic E-state index is -0.851. The van der Waals surface area contributed by atoms with E-state index in [1.54, 1.807) is 19.1 Å². The molecule has 0 aliphatic rings. The van der Waals surface area contributed by atoms with Crippen LogP contribution in [0.25, 0.3) is 0 Å². The Morgan fingerprint density at radius 1 is 1.00 bits per heavy atom. The second kappa shape index (κ2) is 8.15. The molecule has 0 aliphatic heterocycles. The maximum Gasteiger partial charge on any atom is 0.342 e. The van der Waals surface area contributed by atoms with Crippen molar-refractivity contribution in [2.75, 3.05) is 11.9 Å². The average Bonchev–Trinajstić information content (AvgIpc) is 2.57. The van der Waals surface area contributed by atoms with Crippen molar-refractivity contribution in [1.29, 1.82) is 0 Å².